The predicted octanol–water partition coefficient (Wildman–Crippen LogP) is 1.98. The third kappa shape index (κ3) is 5.58. The Balaban J connectivity index is 0.00000312. The van der Waals surface area contributed by atoms with Gasteiger partial charge in [-0.1, -0.05) is 0 Å². The molecule has 0 radical (unpaired) electrons. The van der Waals surface area contributed by atoms with Crippen molar-refractivity contribution in [3.05, 3.63) is 40.8 Å². The number of aryl methyl sites for hydroxylation is 2. The Kier molecular flexibility index (Phi) is 8.14. The summed E-state index contributed by atoms with van der Waals surface area (Å²) in [6.07, 6.45) is 1.82. The Morgan fingerprint density at radius 3 is 2.48 bits per heavy atom. The summed E-state index contributed by atoms with van der Waals surface area (Å²) >= 11 is 0. The molecule has 0 unspecified atom stereocenters. The summed E-state index contributed by atoms with van der Waals surface area (Å²) in [5.74, 6) is 1.71. The Hall–Kier alpha value is -1.84. The molecule has 2 rings (SSSR count). The Morgan fingerprint density at radius 1 is 1.24 bits per heavy atom. The molecule has 0 aliphatic rings. The van der Waals surface area contributed by atoms with E-state index < -0.39 is 0 Å². The lowest BCUT2D eigenvalue weighted by Crippen LogP contribution is -2.36. The average Bonchev–Trinajstić information content (AvgIpc) is 2.81. The van der Waals surface area contributed by atoms with Crippen LogP contribution in [-0.4, -0.2) is 41.9 Å². The zero-order valence-corrected chi connectivity index (χ0v) is 18.1. The van der Waals surface area contributed by atoms with E-state index in [-0.39, 0.29) is 24.0 Å². The van der Waals surface area contributed by atoms with Crippen molar-refractivity contribution in [1.29, 1.82) is 0 Å². The molecule has 0 aliphatic heterocycles. The van der Waals surface area contributed by atoms with Crippen LogP contribution in [0.2, 0.25) is 0 Å². The van der Waals surface area contributed by atoms with Gasteiger partial charge in [0.05, 0.1) is 5.69 Å². The zero-order chi connectivity index (χ0) is 17.7. The van der Waals surface area contributed by atoms with Gasteiger partial charge in [-0.25, -0.2) is 4.98 Å². The molecule has 0 saturated carbocycles. The van der Waals surface area contributed by atoms with Gasteiger partial charge in [0, 0.05) is 58.7 Å². The molecule has 138 valence electrons. The molecule has 0 bridgehead atoms. The van der Waals surface area contributed by atoms with Gasteiger partial charge in [0.1, 0.15) is 5.82 Å². The molecular weight excluding hydrogens is 429 g/mol. The summed E-state index contributed by atoms with van der Waals surface area (Å²) in [5.41, 5.74) is 4.58. The van der Waals surface area contributed by atoms with Gasteiger partial charge in [-0.15, -0.1) is 24.0 Å². The summed E-state index contributed by atoms with van der Waals surface area (Å²) < 4.78 is 1.91. The highest BCUT2D eigenvalue weighted by atomic mass is 127. The van der Waals surface area contributed by atoms with E-state index in [9.17, 15) is 0 Å². The maximum absolute atomic E-state index is 4.44. The van der Waals surface area contributed by atoms with Crippen LogP contribution >= 0.6 is 24.0 Å². The molecule has 2 N–H and O–H groups in total. The van der Waals surface area contributed by atoms with Gasteiger partial charge in [0.15, 0.2) is 5.96 Å². The molecule has 0 atom stereocenters. The monoisotopic (exact) mass is 457 g/mol. The second-order valence-corrected chi connectivity index (χ2v) is 5.97. The van der Waals surface area contributed by atoms with E-state index in [2.05, 4.69) is 38.7 Å². The van der Waals surface area contributed by atoms with Gasteiger partial charge in [0.25, 0.3) is 0 Å². The van der Waals surface area contributed by atoms with Crippen molar-refractivity contribution in [3.8, 4) is 0 Å². The fourth-order valence-electron chi connectivity index (χ4n) is 2.47. The van der Waals surface area contributed by atoms with Crippen LogP contribution in [-0.2, 0) is 20.1 Å². The van der Waals surface area contributed by atoms with Gasteiger partial charge < -0.3 is 15.5 Å². The number of aromatic nitrogens is 3. The first-order valence-corrected chi connectivity index (χ1v) is 7.98. The second kappa shape index (κ2) is 9.59. The number of guanidine groups is 1. The molecule has 0 saturated heterocycles. The fraction of sp³-hybridized carbons (Fsp3) is 0.471. The first-order valence-electron chi connectivity index (χ1n) is 7.98. The zero-order valence-electron chi connectivity index (χ0n) is 15.8. The maximum atomic E-state index is 4.44. The van der Waals surface area contributed by atoms with Crippen LogP contribution in [0.15, 0.2) is 23.3 Å². The number of halogens is 1. The van der Waals surface area contributed by atoms with Gasteiger partial charge in [-0.3, -0.25) is 9.67 Å². The molecule has 8 heteroatoms. The average molecular weight is 457 g/mol. The number of pyridine rings is 1. The predicted molar refractivity (Wildman–Crippen MR) is 114 cm³/mol. The van der Waals surface area contributed by atoms with E-state index in [1.165, 1.54) is 11.3 Å². The number of nitrogens with one attached hydrogen (secondary N) is 2. The number of nitrogens with zero attached hydrogens (tertiary/aromatic N) is 5. The summed E-state index contributed by atoms with van der Waals surface area (Å²) in [4.78, 5) is 10.6. The molecule has 25 heavy (non-hydrogen) atoms. The third-order valence-electron chi connectivity index (χ3n) is 4.04. The van der Waals surface area contributed by atoms with Gasteiger partial charge in [0.2, 0.25) is 0 Å². The molecule has 0 fully saturated rings. The molecule has 0 aromatic carbocycles. The lowest BCUT2D eigenvalue weighted by atomic mass is 10.2. The standard InChI is InChI=1S/C17H27N7.HI/c1-12-15(13(2)24(6)22-12)11-21-17(18-3)20-10-14-7-8-19-16(9-14)23(4)5;/h7-9H,10-11H2,1-6H3,(H2,18,20,21);1H. The van der Waals surface area contributed by atoms with Crippen molar-refractivity contribution in [3.63, 3.8) is 0 Å². The van der Waals surface area contributed by atoms with Gasteiger partial charge in [-0.2, -0.15) is 5.10 Å². The molecule has 2 aromatic heterocycles. The molecular formula is C17H28IN7. The molecule has 7 nitrogen and oxygen atoms in total. The first-order chi connectivity index (χ1) is 11.4. The van der Waals surface area contributed by atoms with Crippen LogP contribution in [0.25, 0.3) is 0 Å². The highest BCUT2D eigenvalue weighted by Gasteiger charge is 2.09. The molecule has 2 heterocycles. The highest BCUT2D eigenvalue weighted by molar-refractivity contribution is 14.0. The van der Waals surface area contributed by atoms with Crippen LogP contribution in [0, 0.1) is 13.8 Å². The highest BCUT2D eigenvalue weighted by Crippen LogP contribution is 2.11. The number of hydrogen-bond donors (Lipinski definition) is 2. The Morgan fingerprint density at radius 2 is 1.92 bits per heavy atom. The number of aliphatic imine (C=N–C) groups is 1. The molecule has 0 spiro atoms. The summed E-state index contributed by atoms with van der Waals surface area (Å²) in [7, 11) is 7.71. The first kappa shape index (κ1) is 21.2. The minimum Gasteiger partial charge on any atom is -0.363 e. The van der Waals surface area contributed by atoms with Crippen LogP contribution in [0.4, 0.5) is 5.82 Å². The van der Waals surface area contributed by atoms with Crippen molar-refractivity contribution in [2.75, 3.05) is 26.0 Å². The topological polar surface area (TPSA) is 70.4 Å². The quantitative estimate of drug-likeness (QED) is 0.408. The van der Waals surface area contributed by atoms with Crippen molar-refractivity contribution in [1.82, 2.24) is 25.4 Å². The van der Waals surface area contributed by atoms with E-state index >= 15 is 0 Å². The van der Waals surface area contributed by atoms with E-state index in [0.717, 1.165) is 23.0 Å². The van der Waals surface area contributed by atoms with Crippen LogP contribution < -0.4 is 15.5 Å². The smallest absolute Gasteiger partial charge is 0.191 e. The molecule has 0 amide bonds. The second-order valence-electron chi connectivity index (χ2n) is 5.97. The maximum Gasteiger partial charge on any atom is 0.191 e. The SMILES string of the molecule is CN=C(NCc1ccnc(N(C)C)c1)NCc1c(C)nn(C)c1C.I. The van der Waals surface area contributed by atoms with Gasteiger partial charge >= 0.3 is 0 Å². The van der Waals surface area contributed by atoms with Crippen molar-refractivity contribution < 1.29 is 0 Å². The van der Waals surface area contributed by atoms with Crippen molar-refractivity contribution in [2.45, 2.75) is 26.9 Å². The normalized spacial score (nSPS) is 11.0. The molecule has 2 aromatic rings. The lowest BCUT2D eigenvalue weighted by Gasteiger charge is -2.14. The van der Waals surface area contributed by atoms with E-state index in [0.29, 0.717) is 13.1 Å². The summed E-state index contributed by atoms with van der Waals surface area (Å²) in [6, 6.07) is 4.07. The van der Waals surface area contributed by atoms with E-state index in [4.69, 9.17) is 0 Å². The van der Waals surface area contributed by atoms with E-state index in [1.54, 1.807) is 7.05 Å². The summed E-state index contributed by atoms with van der Waals surface area (Å²) in [6.45, 7) is 5.49. The number of hydrogen-bond acceptors (Lipinski definition) is 4. The number of rotatable bonds is 5. The largest absolute Gasteiger partial charge is 0.363 e. The van der Waals surface area contributed by atoms with Crippen molar-refractivity contribution >= 4 is 35.8 Å². The van der Waals surface area contributed by atoms with Crippen molar-refractivity contribution in [2.24, 2.45) is 12.0 Å². The Bertz CT molecular complexity index is 722. The summed E-state index contributed by atoms with van der Waals surface area (Å²) in [5, 5.41) is 11.1. The number of anilines is 1. The fourth-order valence-corrected chi connectivity index (χ4v) is 2.47. The minimum absolute atomic E-state index is 0. The van der Waals surface area contributed by atoms with E-state index in [1.807, 2.05) is 49.9 Å². The van der Waals surface area contributed by atoms with Gasteiger partial charge in [-0.05, 0) is 31.5 Å². The lowest BCUT2D eigenvalue weighted by molar-refractivity contribution is 0.728. The molecule has 0 aliphatic carbocycles. The Labute approximate surface area is 166 Å². The third-order valence-corrected chi connectivity index (χ3v) is 4.04. The van der Waals surface area contributed by atoms with Crippen LogP contribution in [0.5, 0.6) is 0 Å². The van der Waals surface area contributed by atoms with Crippen LogP contribution in [0.1, 0.15) is 22.5 Å². The van der Waals surface area contributed by atoms with Crippen LogP contribution in [0.3, 0.4) is 0 Å². The minimum atomic E-state index is 0.